The quantitative estimate of drug-likeness (QED) is 0.535. The van der Waals surface area contributed by atoms with Gasteiger partial charge in [-0.05, 0) is 36.4 Å². The zero-order chi connectivity index (χ0) is 20.4. The molecule has 5 nitrogen and oxygen atoms in total. The highest BCUT2D eigenvalue weighted by atomic mass is 35.5. The lowest BCUT2D eigenvalue weighted by atomic mass is 10.2. The number of nitrogens with one attached hydrogen (secondary N) is 2. The summed E-state index contributed by atoms with van der Waals surface area (Å²) in [5.41, 5.74) is -0.0942. The molecule has 12 heteroatoms. The zero-order valence-electron chi connectivity index (χ0n) is 13.1. The minimum atomic E-state index is -4.70. The van der Waals surface area contributed by atoms with E-state index in [1.165, 1.54) is 4.72 Å². The molecule has 0 saturated carbocycles. The van der Waals surface area contributed by atoms with Crippen LogP contribution in [-0.2, 0) is 10.0 Å². The normalized spacial score (nSPS) is 12.1. The van der Waals surface area contributed by atoms with Gasteiger partial charge in [0.05, 0.1) is 20.5 Å². The number of carbonyl (C=O) groups excluding carboxylic acids is 1. The lowest BCUT2D eigenvalue weighted by Crippen LogP contribution is -2.33. The van der Waals surface area contributed by atoms with Crippen molar-refractivity contribution < 1.29 is 30.8 Å². The fourth-order valence-electron chi connectivity index (χ4n) is 1.87. The highest BCUT2D eigenvalue weighted by Gasteiger charge is 2.30. The summed E-state index contributed by atoms with van der Waals surface area (Å²) in [4.78, 5) is 11.7. The van der Waals surface area contributed by atoms with Crippen molar-refractivity contribution in [2.45, 2.75) is 11.1 Å². The maximum atomic E-state index is 13.5. The number of halogens is 6. The molecule has 0 heterocycles. The van der Waals surface area contributed by atoms with Crippen molar-refractivity contribution in [2.75, 3.05) is 11.9 Å². The average molecular weight is 445 g/mol. The van der Waals surface area contributed by atoms with E-state index in [9.17, 15) is 30.8 Å². The Kier molecular flexibility index (Phi) is 6.35. The molecule has 146 valence electrons. The number of benzene rings is 2. The number of rotatable bonds is 5. The topological polar surface area (TPSA) is 75.3 Å². The minimum absolute atomic E-state index is 0.102. The lowest BCUT2D eigenvalue weighted by Gasteiger charge is -2.11. The first kappa shape index (κ1) is 21.4. The zero-order valence-corrected chi connectivity index (χ0v) is 15.4. The Morgan fingerprint density at radius 1 is 1.04 bits per heavy atom. The van der Waals surface area contributed by atoms with Gasteiger partial charge in [0.2, 0.25) is 10.0 Å². The van der Waals surface area contributed by atoms with E-state index >= 15 is 0 Å². The number of alkyl halides is 3. The third-order valence-corrected chi connectivity index (χ3v) is 5.16. The maximum Gasteiger partial charge on any atom is 0.402 e. The first-order valence-electron chi connectivity index (χ1n) is 7.01. The molecule has 0 saturated heterocycles. The van der Waals surface area contributed by atoms with Crippen molar-refractivity contribution in [3.05, 3.63) is 57.8 Å². The SMILES string of the molecule is O=C(Nc1ccc(S(=O)(=O)NCC(F)(F)F)cc1)c1cc(F)c(Cl)cc1Cl. The molecular weight excluding hydrogens is 435 g/mol. The summed E-state index contributed by atoms with van der Waals surface area (Å²) in [6, 6.07) is 6.19. The second kappa shape index (κ2) is 8.01. The molecule has 0 unspecified atom stereocenters. The average Bonchev–Trinajstić information content (AvgIpc) is 2.56. The van der Waals surface area contributed by atoms with Gasteiger partial charge in [0.25, 0.3) is 5.91 Å². The van der Waals surface area contributed by atoms with Crippen molar-refractivity contribution in [1.29, 1.82) is 0 Å². The van der Waals surface area contributed by atoms with E-state index in [1.54, 1.807) is 0 Å². The van der Waals surface area contributed by atoms with E-state index < -0.39 is 39.4 Å². The molecule has 2 rings (SSSR count). The van der Waals surface area contributed by atoms with E-state index in [4.69, 9.17) is 23.2 Å². The number of carbonyl (C=O) groups is 1. The maximum absolute atomic E-state index is 13.5. The molecular formula is C15H10Cl2F4N2O3S. The molecule has 2 aromatic rings. The number of anilines is 1. The van der Waals surface area contributed by atoms with Crippen molar-refractivity contribution in [2.24, 2.45) is 0 Å². The van der Waals surface area contributed by atoms with Gasteiger partial charge in [-0.15, -0.1) is 0 Å². The van der Waals surface area contributed by atoms with Crippen LogP contribution in [0.2, 0.25) is 10.0 Å². The summed E-state index contributed by atoms with van der Waals surface area (Å²) >= 11 is 11.4. The summed E-state index contributed by atoms with van der Waals surface area (Å²) in [7, 11) is -4.38. The van der Waals surface area contributed by atoms with E-state index in [0.717, 1.165) is 36.4 Å². The van der Waals surface area contributed by atoms with Crippen LogP contribution in [0.15, 0.2) is 41.3 Å². The fraction of sp³-hybridized carbons (Fsp3) is 0.133. The summed E-state index contributed by atoms with van der Waals surface area (Å²) < 4.78 is 74.8. The molecule has 0 aliphatic carbocycles. The van der Waals surface area contributed by atoms with Gasteiger partial charge in [0, 0.05) is 5.69 Å². The Morgan fingerprint density at radius 3 is 2.19 bits per heavy atom. The van der Waals surface area contributed by atoms with Crippen LogP contribution in [0.25, 0.3) is 0 Å². The fourth-order valence-corrected chi connectivity index (χ4v) is 3.36. The Bertz CT molecular complexity index is 964. The Labute approximate surface area is 161 Å². The molecule has 0 radical (unpaired) electrons. The Morgan fingerprint density at radius 2 is 1.63 bits per heavy atom. The van der Waals surface area contributed by atoms with Crippen molar-refractivity contribution in [3.63, 3.8) is 0 Å². The van der Waals surface area contributed by atoms with Crippen molar-refractivity contribution in [3.8, 4) is 0 Å². The smallest absolute Gasteiger partial charge is 0.322 e. The van der Waals surface area contributed by atoms with Crippen LogP contribution >= 0.6 is 23.2 Å². The second-order valence-corrected chi connectivity index (χ2v) is 7.75. The van der Waals surface area contributed by atoms with Crippen molar-refractivity contribution in [1.82, 2.24) is 4.72 Å². The van der Waals surface area contributed by atoms with Crippen LogP contribution < -0.4 is 10.0 Å². The first-order valence-corrected chi connectivity index (χ1v) is 9.25. The van der Waals surface area contributed by atoms with Crippen LogP contribution in [0.1, 0.15) is 10.4 Å². The predicted octanol–water partition coefficient (Wildman–Crippen LogP) is 4.23. The van der Waals surface area contributed by atoms with Crippen LogP contribution in [0.5, 0.6) is 0 Å². The number of hydrogen-bond acceptors (Lipinski definition) is 3. The van der Waals surface area contributed by atoms with Crippen molar-refractivity contribution >= 4 is 44.8 Å². The third kappa shape index (κ3) is 5.80. The molecule has 0 aromatic heterocycles. The lowest BCUT2D eigenvalue weighted by molar-refractivity contribution is -0.121. The second-order valence-electron chi connectivity index (χ2n) is 5.16. The molecule has 0 bridgehead atoms. The van der Waals surface area contributed by atoms with Crippen LogP contribution in [-0.4, -0.2) is 27.0 Å². The van der Waals surface area contributed by atoms with Gasteiger partial charge in [0.1, 0.15) is 12.4 Å². The molecule has 0 spiro atoms. The van der Waals surface area contributed by atoms with Gasteiger partial charge >= 0.3 is 6.18 Å². The molecule has 1 amide bonds. The Hall–Kier alpha value is -1.88. The van der Waals surface area contributed by atoms with Gasteiger partial charge < -0.3 is 5.32 Å². The molecule has 0 aliphatic rings. The van der Waals surface area contributed by atoms with Gasteiger partial charge in [0.15, 0.2) is 0 Å². The Balaban J connectivity index is 2.14. The monoisotopic (exact) mass is 444 g/mol. The van der Waals surface area contributed by atoms with E-state index in [-0.39, 0.29) is 21.3 Å². The number of amides is 1. The largest absolute Gasteiger partial charge is 0.402 e. The van der Waals surface area contributed by atoms with Gasteiger partial charge in [-0.25, -0.2) is 17.5 Å². The summed E-state index contributed by atoms with van der Waals surface area (Å²) in [6.07, 6.45) is -4.70. The van der Waals surface area contributed by atoms with Crippen LogP contribution in [0, 0.1) is 5.82 Å². The number of hydrogen-bond donors (Lipinski definition) is 2. The molecule has 0 atom stereocenters. The van der Waals surface area contributed by atoms with Gasteiger partial charge in [-0.2, -0.15) is 13.2 Å². The number of sulfonamides is 1. The highest BCUT2D eigenvalue weighted by molar-refractivity contribution is 7.89. The van der Waals surface area contributed by atoms with E-state index in [2.05, 4.69) is 5.32 Å². The summed E-state index contributed by atoms with van der Waals surface area (Å²) in [5, 5.41) is 1.98. The summed E-state index contributed by atoms with van der Waals surface area (Å²) in [5.74, 6) is -1.65. The highest BCUT2D eigenvalue weighted by Crippen LogP contribution is 2.25. The van der Waals surface area contributed by atoms with Crippen LogP contribution in [0.3, 0.4) is 0 Å². The molecule has 2 N–H and O–H groups in total. The standard InChI is InChI=1S/C15H10Cl2F4N2O3S/c16-11-6-12(17)13(18)5-10(11)14(24)23-8-1-3-9(4-2-8)27(25,26)22-7-15(19,20)21/h1-6,22H,7H2,(H,23,24). The van der Waals surface area contributed by atoms with E-state index in [0.29, 0.717) is 0 Å². The molecule has 27 heavy (non-hydrogen) atoms. The van der Waals surface area contributed by atoms with Gasteiger partial charge in [-0.1, -0.05) is 23.2 Å². The minimum Gasteiger partial charge on any atom is -0.322 e. The molecule has 0 aliphatic heterocycles. The molecule has 2 aromatic carbocycles. The summed E-state index contributed by atoms with van der Waals surface area (Å²) in [6.45, 7) is -1.71. The van der Waals surface area contributed by atoms with Crippen LogP contribution in [0.4, 0.5) is 23.2 Å². The third-order valence-electron chi connectivity index (χ3n) is 3.14. The first-order chi connectivity index (χ1) is 12.4. The van der Waals surface area contributed by atoms with Gasteiger partial charge in [-0.3, -0.25) is 4.79 Å². The predicted molar refractivity (Wildman–Crippen MR) is 92.1 cm³/mol. The van der Waals surface area contributed by atoms with E-state index in [1.807, 2.05) is 0 Å². The molecule has 0 fully saturated rings.